The highest BCUT2D eigenvalue weighted by atomic mass is 15.1. The molecule has 12 aromatic carbocycles. The molecule has 12 aromatic rings. The Morgan fingerprint density at radius 3 is 1.44 bits per heavy atom. The van der Waals surface area contributed by atoms with Gasteiger partial charge in [0.1, 0.15) is 0 Å². The van der Waals surface area contributed by atoms with Gasteiger partial charge in [-0.25, -0.2) is 0 Å². The lowest BCUT2D eigenvalue weighted by atomic mass is 9.89. The van der Waals surface area contributed by atoms with Gasteiger partial charge in [0, 0.05) is 40.7 Å². The van der Waals surface area contributed by atoms with Crippen molar-refractivity contribution in [3.63, 3.8) is 0 Å². The molecule has 0 bridgehead atoms. The molecule has 0 fully saturated rings. The van der Waals surface area contributed by atoms with E-state index < -0.39 is 0 Å². The number of nitrogens with zero attached hydrogens (tertiary/aromatic N) is 2. The zero-order valence-electron chi connectivity index (χ0n) is 42.2. The van der Waals surface area contributed by atoms with Crippen LogP contribution in [0.1, 0.15) is 16.7 Å². The van der Waals surface area contributed by atoms with E-state index >= 15 is 0 Å². The van der Waals surface area contributed by atoms with Gasteiger partial charge >= 0.3 is 0 Å². The van der Waals surface area contributed by atoms with E-state index in [0.717, 1.165) is 34.9 Å². The average Bonchev–Trinajstić information content (AvgIpc) is 3.53. The summed E-state index contributed by atoms with van der Waals surface area (Å²) in [5.41, 5.74) is 26.5. The van der Waals surface area contributed by atoms with Crippen molar-refractivity contribution in [3.05, 3.63) is 296 Å². The smallest absolute Gasteiger partial charge is 0.0540 e. The van der Waals surface area contributed by atoms with Gasteiger partial charge in [0.25, 0.3) is 0 Å². The van der Waals surface area contributed by atoms with Gasteiger partial charge in [0.05, 0.1) is 5.69 Å². The van der Waals surface area contributed by atoms with Gasteiger partial charge in [-0.2, -0.15) is 0 Å². The molecule has 0 aliphatic heterocycles. The fourth-order valence-electron chi connectivity index (χ4n) is 11.5. The van der Waals surface area contributed by atoms with Gasteiger partial charge in [-0.15, -0.1) is 0 Å². The number of anilines is 5. The van der Waals surface area contributed by atoms with E-state index in [0.29, 0.717) is 0 Å². The van der Waals surface area contributed by atoms with E-state index in [4.69, 9.17) is 0 Å². The molecule has 1 aliphatic carbocycles. The molecule has 1 aliphatic rings. The number of rotatable bonds is 9. The highest BCUT2D eigenvalue weighted by Crippen LogP contribution is 2.48. The highest BCUT2D eigenvalue weighted by Gasteiger charge is 2.24. The fraction of sp³-hybridized carbons (Fsp3) is 0.0411. The molecule has 0 radical (unpaired) electrons. The van der Waals surface area contributed by atoms with Crippen LogP contribution >= 0.6 is 0 Å². The maximum absolute atomic E-state index is 2.47. The second-order valence-electron chi connectivity index (χ2n) is 19.7. The Balaban J connectivity index is 0.966. The average molecular weight is 959 g/mol. The summed E-state index contributed by atoms with van der Waals surface area (Å²) >= 11 is 0. The van der Waals surface area contributed by atoms with Gasteiger partial charge in [-0.05, 0) is 168 Å². The van der Waals surface area contributed by atoms with Crippen LogP contribution in [-0.2, 0) is 6.42 Å². The standard InChI is InChI=1S/C73H54N2/c1-50-34-35-54(55-39-44-72(74(2)58-25-10-5-11-26-58)71(48-55)53-22-8-4-9-23-53)47-69(50)67-43-45-73(68-33-19-18-31-65(67)68)75(59-40-36-52(37-41-59)51-20-6-3-7-21-51)60-42-38-57-46-56-24-12-13-27-61(56)62-28-14-15-29-63(62)64-30-16-17-32-66(64)70(57)49-60/h3-45,47-49H,46H2,1-2H3. The first kappa shape index (κ1) is 45.4. The third kappa shape index (κ3) is 8.47. The number of para-hydroxylation sites is 1. The van der Waals surface area contributed by atoms with Crippen LogP contribution in [0.4, 0.5) is 28.4 Å². The van der Waals surface area contributed by atoms with Crippen LogP contribution in [0, 0.1) is 6.92 Å². The predicted molar refractivity (Wildman–Crippen MR) is 319 cm³/mol. The minimum Gasteiger partial charge on any atom is -0.344 e. The lowest BCUT2D eigenvalue weighted by Crippen LogP contribution is -2.11. The number of hydrogen-bond donors (Lipinski definition) is 0. The molecular formula is C73H54N2. The van der Waals surface area contributed by atoms with Crippen molar-refractivity contribution in [1.29, 1.82) is 0 Å². The van der Waals surface area contributed by atoms with Gasteiger partial charge in [-0.1, -0.05) is 218 Å². The lowest BCUT2D eigenvalue weighted by Gasteiger charge is -2.29. The Morgan fingerprint density at radius 2 is 0.747 bits per heavy atom. The molecule has 0 atom stereocenters. The van der Waals surface area contributed by atoms with Crippen LogP contribution in [0.15, 0.2) is 279 Å². The molecule has 0 unspecified atom stereocenters. The maximum Gasteiger partial charge on any atom is 0.0540 e. The summed E-state index contributed by atoms with van der Waals surface area (Å²) < 4.78 is 0. The topological polar surface area (TPSA) is 6.48 Å². The zero-order chi connectivity index (χ0) is 50.2. The summed E-state index contributed by atoms with van der Waals surface area (Å²) in [7, 11) is 2.16. The third-order valence-corrected chi connectivity index (χ3v) is 15.3. The first-order valence-corrected chi connectivity index (χ1v) is 26.0. The molecule has 0 amide bonds. The van der Waals surface area contributed by atoms with Crippen molar-refractivity contribution < 1.29 is 0 Å². The summed E-state index contributed by atoms with van der Waals surface area (Å²) in [6.45, 7) is 2.24. The van der Waals surface area contributed by atoms with E-state index in [9.17, 15) is 0 Å². The maximum atomic E-state index is 2.47. The van der Waals surface area contributed by atoms with Crippen molar-refractivity contribution in [2.24, 2.45) is 0 Å². The molecular weight excluding hydrogens is 905 g/mol. The summed E-state index contributed by atoms with van der Waals surface area (Å²) in [4.78, 5) is 4.76. The Hall–Kier alpha value is -9.50. The number of aryl methyl sites for hydroxylation is 1. The van der Waals surface area contributed by atoms with Crippen LogP contribution in [0.5, 0.6) is 0 Å². The van der Waals surface area contributed by atoms with Crippen molar-refractivity contribution in [2.75, 3.05) is 16.8 Å². The zero-order valence-corrected chi connectivity index (χ0v) is 42.2. The van der Waals surface area contributed by atoms with E-state index in [1.807, 2.05) is 0 Å². The van der Waals surface area contributed by atoms with E-state index in [1.54, 1.807) is 0 Å². The molecule has 0 saturated carbocycles. The minimum atomic E-state index is 0.818. The summed E-state index contributed by atoms with van der Waals surface area (Å²) in [5, 5.41) is 2.38. The fourth-order valence-corrected chi connectivity index (χ4v) is 11.5. The Kier molecular flexibility index (Phi) is 11.8. The molecule has 0 spiro atoms. The summed E-state index contributed by atoms with van der Waals surface area (Å²) in [6.07, 6.45) is 0.818. The van der Waals surface area contributed by atoms with Gasteiger partial charge in [0.2, 0.25) is 0 Å². The molecule has 0 aromatic heterocycles. The van der Waals surface area contributed by atoms with Crippen LogP contribution in [0.25, 0.3) is 88.7 Å². The van der Waals surface area contributed by atoms with Gasteiger partial charge in [-0.3, -0.25) is 0 Å². The molecule has 0 N–H and O–H groups in total. The van der Waals surface area contributed by atoms with Crippen molar-refractivity contribution >= 4 is 39.2 Å². The normalized spacial score (nSPS) is 11.5. The van der Waals surface area contributed by atoms with Gasteiger partial charge < -0.3 is 9.80 Å². The van der Waals surface area contributed by atoms with Crippen molar-refractivity contribution in [3.8, 4) is 77.9 Å². The summed E-state index contributed by atoms with van der Waals surface area (Å²) in [6, 6.07) is 103. The number of fused-ring (bicyclic) bond motifs is 8. The first-order chi connectivity index (χ1) is 37.0. The molecule has 2 heteroatoms. The Bertz CT molecular complexity index is 4050. The molecule has 13 rings (SSSR count). The van der Waals surface area contributed by atoms with Gasteiger partial charge in [0.15, 0.2) is 0 Å². The van der Waals surface area contributed by atoms with Crippen LogP contribution in [0.2, 0.25) is 0 Å². The number of hydrogen-bond acceptors (Lipinski definition) is 2. The van der Waals surface area contributed by atoms with Crippen LogP contribution in [-0.4, -0.2) is 7.05 Å². The molecule has 356 valence electrons. The second-order valence-corrected chi connectivity index (χ2v) is 19.7. The first-order valence-electron chi connectivity index (χ1n) is 26.0. The Labute approximate surface area is 440 Å². The lowest BCUT2D eigenvalue weighted by molar-refractivity contribution is 1.19. The number of benzene rings is 12. The van der Waals surface area contributed by atoms with E-state index in [-0.39, 0.29) is 0 Å². The van der Waals surface area contributed by atoms with E-state index in [1.165, 1.54) is 105 Å². The molecule has 2 nitrogen and oxygen atoms in total. The van der Waals surface area contributed by atoms with E-state index in [2.05, 4.69) is 303 Å². The van der Waals surface area contributed by atoms with Crippen molar-refractivity contribution in [1.82, 2.24) is 0 Å². The molecule has 0 heterocycles. The summed E-state index contributed by atoms with van der Waals surface area (Å²) in [5.74, 6) is 0. The van der Waals surface area contributed by atoms with Crippen LogP contribution in [0.3, 0.4) is 0 Å². The quantitative estimate of drug-likeness (QED) is 0.142. The third-order valence-electron chi connectivity index (χ3n) is 15.3. The molecule has 0 saturated heterocycles. The predicted octanol–water partition coefficient (Wildman–Crippen LogP) is 20.0. The van der Waals surface area contributed by atoms with Crippen molar-refractivity contribution in [2.45, 2.75) is 13.3 Å². The SMILES string of the molecule is Cc1ccc(-c2ccc(N(C)c3ccccc3)c(-c3ccccc3)c2)cc1-c1ccc(N(c2ccc(-c3ccccc3)cc2)c2ccc3c(c2)-c2ccccc2-c2ccccc2-c2ccccc2C3)c2ccccc12. The van der Waals surface area contributed by atoms with Crippen LogP contribution < -0.4 is 9.80 Å². The second kappa shape index (κ2) is 19.5. The minimum absolute atomic E-state index is 0.818. The largest absolute Gasteiger partial charge is 0.344 e. The monoisotopic (exact) mass is 958 g/mol. The Morgan fingerprint density at radius 1 is 0.267 bits per heavy atom. The highest BCUT2D eigenvalue weighted by molar-refractivity contribution is 6.07. The molecule has 75 heavy (non-hydrogen) atoms.